The molecule has 1 aliphatic carbocycles. The summed E-state index contributed by atoms with van der Waals surface area (Å²) < 4.78 is 11.4. The lowest BCUT2D eigenvalue weighted by Gasteiger charge is -2.31. The van der Waals surface area contributed by atoms with Crippen molar-refractivity contribution in [3.8, 4) is 11.5 Å². The second kappa shape index (κ2) is 9.64. The van der Waals surface area contributed by atoms with Crippen LogP contribution >= 0.6 is 0 Å². The molecule has 2 heterocycles. The smallest absolute Gasteiger partial charge is 0.295 e. The van der Waals surface area contributed by atoms with Crippen molar-refractivity contribution in [1.29, 1.82) is 0 Å². The molecular formula is C28H32N2O5. The highest BCUT2D eigenvalue weighted by Crippen LogP contribution is 2.44. The average Bonchev–Trinajstić information content (AvgIpc) is 3.49. The van der Waals surface area contributed by atoms with E-state index in [0.29, 0.717) is 18.8 Å². The summed E-state index contributed by atoms with van der Waals surface area (Å²) in [5.74, 6) is 0.162. The van der Waals surface area contributed by atoms with E-state index in [1.807, 2.05) is 50.4 Å². The number of likely N-dealkylation sites (tertiary alicyclic amines) is 1. The molecule has 1 N–H and O–H groups in total. The summed E-state index contributed by atoms with van der Waals surface area (Å²) in [5, 5.41) is 11.5. The van der Waals surface area contributed by atoms with Crippen LogP contribution in [-0.4, -0.2) is 54.5 Å². The van der Waals surface area contributed by atoms with E-state index in [4.69, 9.17) is 9.47 Å². The van der Waals surface area contributed by atoms with Crippen LogP contribution < -0.4 is 14.4 Å². The number of anilines is 1. The van der Waals surface area contributed by atoms with Gasteiger partial charge in [-0.2, -0.15) is 0 Å². The van der Waals surface area contributed by atoms with E-state index in [0.717, 1.165) is 61.4 Å². The summed E-state index contributed by atoms with van der Waals surface area (Å²) in [6.07, 6.45) is 4.69. The summed E-state index contributed by atoms with van der Waals surface area (Å²) in [6, 6.07) is 12.2. The number of benzene rings is 2. The van der Waals surface area contributed by atoms with Crippen LogP contribution in [0.5, 0.6) is 11.5 Å². The van der Waals surface area contributed by atoms with Crippen molar-refractivity contribution < 1.29 is 24.2 Å². The lowest BCUT2D eigenvalue weighted by molar-refractivity contribution is -0.141. The van der Waals surface area contributed by atoms with Crippen molar-refractivity contribution in [3.63, 3.8) is 0 Å². The van der Waals surface area contributed by atoms with Gasteiger partial charge in [-0.15, -0.1) is 0 Å². The number of likely N-dealkylation sites (N-methyl/N-ethyl adjacent to an activating group) is 1. The molecule has 2 aromatic rings. The van der Waals surface area contributed by atoms with Crippen molar-refractivity contribution in [2.75, 3.05) is 31.7 Å². The van der Waals surface area contributed by atoms with Gasteiger partial charge in [-0.05, 0) is 55.2 Å². The van der Waals surface area contributed by atoms with Crippen molar-refractivity contribution in [2.45, 2.75) is 51.1 Å². The van der Waals surface area contributed by atoms with E-state index in [-0.39, 0.29) is 17.4 Å². The number of aliphatic hydroxyl groups is 1. The fourth-order valence-electron chi connectivity index (χ4n) is 5.36. The Morgan fingerprint density at radius 1 is 1.11 bits per heavy atom. The van der Waals surface area contributed by atoms with E-state index < -0.39 is 17.7 Å². The summed E-state index contributed by atoms with van der Waals surface area (Å²) in [4.78, 5) is 30.4. The van der Waals surface area contributed by atoms with Gasteiger partial charge >= 0.3 is 0 Å². The standard InChI is InChI=1S/C28H32N2O5/c1-3-15-34-21-11-8-18(9-12-21)25-24(27(32)28(33)30(25)20-6-4-5-7-20)26(31)19-10-13-23-22(17-19)29(2)14-16-35-23/h8-13,17,20,25,31H,3-7,14-16H2,1-2H3/b26-24-. The molecule has 35 heavy (non-hydrogen) atoms. The average molecular weight is 477 g/mol. The number of carbonyl (C=O) groups excluding carboxylic acids is 2. The summed E-state index contributed by atoms with van der Waals surface area (Å²) >= 11 is 0. The van der Waals surface area contributed by atoms with E-state index in [9.17, 15) is 14.7 Å². The minimum atomic E-state index is -0.636. The van der Waals surface area contributed by atoms with Gasteiger partial charge in [0.1, 0.15) is 23.9 Å². The number of nitrogens with zero attached hydrogens (tertiary/aromatic N) is 2. The third-order valence-electron chi connectivity index (χ3n) is 7.19. The Morgan fingerprint density at radius 2 is 1.86 bits per heavy atom. The molecule has 0 spiro atoms. The number of aliphatic hydroxyl groups excluding tert-OH is 1. The fourth-order valence-corrected chi connectivity index (χ4v) is 5.36. The van der Waals surface area contributed by atoms with Crippen LogP contribution in [0.2, 0.25) is 0 Å². The maximum atomic E-state index is 13.4. The third kappa shape index (κ3) is 4.24. The Labute approximate surface area is 205 Å². The van der Waals surface area contributed by atoms with Gasteiger partial charge in [-0.1, -0.05) is 31.9 Å². The number of carbonyl (C=O) groups is 2. The molecule has 1 saturated carbocycles. The van der Waals surface area contributed by atoms with Crippen LogP contribution in [-0.2, 0) is 9.59 Å². The molecule has 3 aliphatic rings. The predicted octanol–water partition coefficient (Wildman–Crippen LogP) is 4.67. The SMILES string of the molecule is CCCOc1ccc(C2/C(=C(/O)c3ccc4c(c3)N(C)CCO4)C(=O)C(=O)N2C2CCCC2)cc1. The number of amides is 1. The molecule has 5 rings (SSSR count). The maximum Gasteiger partial charge on any atom is 0.295 e. The third-order valence-corrected chi connectivity index (χ3v) is 7.19. The zero-order chi connectivity index (χ0) is 24.5. The first-order valence-corrected chi connectivity index (χ1v) is 12.5. The number of Topliss-reactive ketones (excluding diaryl/α,β-unsaturated/α-hetero) is 1. The molecule has 7 heteroatoms. The van der Waals surface area contributed by atoms with Gasteiger partial charge in [-0.3, -0.25) is 9.59 Å². The second-order valence-electron chi connectivity index (χ2n) is 9.51. The highest BCUT2D eigenvalue weighted by molar-refractivity contribution is 6.46. The monoisotopic (exact) mass is 476 g/mol. The van der Waals surface area contributed by atoms with Crippen molar-refractivity contribution in [3.05, 3.63) is 59.2 Å². The molecular weight excluding hydrogens is 444 g/mol. The Morgan fingerprint density at radius 3 is 2.57 bits per heavy atom. The summed E-state index contributed by atoms with van der Waals surface area (Å²) in [6.45, 7) is 4.00. The normalized spacial score (nSPS) is 21.8. The molecule has 0 aromatic heterocycles. The Bertz CT molecular complexity index is 1150. The van der Waals surface area contributed by atoms with Gasteiger partial charge in [0.05, 0.1) is 30.5 Å². The first kappa shape index (κ1) is 23.3. The molecule has 2 fully saturated rings. The van der Waals surface area contributed by atoms with Crippen LogP contribution in [0, 0.1) is 0 Å². The molecule has 184 valence electrons. The molecule has 2 aromatic carbocycles. The number of ketones is 1. The van der Waals surface area contributed by atoms with E-state index in [1.54, 1.807) is 11.0 Å². The lowest BCUT2D eigenvalue weighted by Crippen LogP contribution is -2.37. The van der Waals surface area contributed by atoms with Gasteiger partial charge in [0.15, 0.2) is 0 Å². The maximum absolute atomic E-state index is 13.4. The first-order chi connectivity index (χ1) is 17.0. The van der Waals surface area contributed by atoms with Crippen LogP contribution in [0.1, 0.15) is 56.2 Å². The van der Waals surface area contributed by atoms with Crippen molar-refractivity contribution >= 4 is 23.1 Å². The Balaban J connectivity index is 1.59. The van der Waals surface area contributed by atoms with Crippen LogP contribution in [0.3, 0.4) is 0 Å². The van der Waals surface area contributed by atoms with E-state index >= 15 is 0 Å². The fraction of sp³-hybridized carbons (Fsp3) is 0.429. The summed E-state index contributed by atoms with van der Waals surface area (Å²) in [5.41, 5.74) is 2.28. The lowest BCUT2D eigenvalue weighted by atomic mass is 9.94. The number of hydrogen-bond donors (Lipinski definition) is 1. The minimum Gasteiger partial charge on any atom is -0.507 e. The van der Waals surface area contributed by atoms with Crippen LogP contribution in [0.4, 0.5) is 5.69 Å². The molecule has 0 radical (unpaired) electrons. The zero-order valence-electron chi connectivity index (χ0n) is 20.3. The molecule has 1 amide bonds. The Hall–Kier alpha value is -3.48. The zero-order valence-corrected chi connectivity index (χ0v) is 20.3. The molecule has 0 bridgehead atoms. The number of hydrogen-bond acceptors (Lipinski definition) is 6. The van der Waals surface area contributed by atoms with Gasteiger partial charge in [0, 0.05) is 18.7 Å². The Kier molecular flexibility index (Phi) is 6.41. The molecule has 7 nitrogen and oxygen atoms in total. The number of rotatable bonds is 6. The highest BCUT2D eigenvalue weighted by Gasteiger charge is 2.49. The van der Waals surface area contributed by atoms with Crippen LogP contribution in [0.15, 0.2) is 48.0 Å². The van der Waals surface area contributed by atoms with Gasteiger partial charge < -0.3 is 24.4 Å². The van der Waals surface area contributed by atoms with Gasteiger partial charge in [0.25, 0.3) is 11.7 Å². The molecule has 1 atom stereocenters. The number of ether oxygens (including phenoxy) is 2. The second-order valence-corrected chi connectivity index (χ2v) is 9.51. The van der Waals surface area contributed by atoms with E-state index in [1.165, 1.54) is 0 Å². The highest BCUT2D eigenvalue weighted by atomic mass is 16.5. The van der Waals surface area contributed by atoms with E-state index in [2.05, 4.69) is 4.90 Å². The predicted molar refractivity (Wildman–Crippen MR) is 134 cm³/mol. The molecule has 1 saturated heterocycles. The largest absolute Gasteiger partial charge is 0.507 e. The quantitative estimate of drug-likeness (QED) is 0.371. The first-order valence-electron chi connectivity index (χ1n) is 12.5. The van der Waals surface area contributed by atoms with Gasteiger partial charge in [0.2, 0.25) is 0 Å². The topological polar surface area (TPSA) is 79.3 Å². The minimum absolute atomic E-state index is 0.0131. The van der Waals surface area contributed by atoms with Crippen LogP contribution in [0.25, 0.3) is 5.76 Å². The molecule has 2 aliphatic heterocycles. The molecule has 1 unspecified atom stereocenters. The number of fused-ring (bicyclic) bond motifs is 1. The van der Waals surface area contributed by atoms with Gasteiger partial charge in [-0.25, -0.2) is 0 Å². The van der Waals surface area contributed by atoms with Crippen molar-refractivity contribution in [2.24, 2.45) is 0 Å². The van der Waals surface area contributed by atoms with Crippen molar-refractivity contribution in [1.82, 2.24) is 4.90 Å². The summed E-state index contributed by atoms with van der Waals surface area (Å²) in [7, 11) is 1.96.